The van der Waals surface area contributed by atoms with Gasteiger partial charge in [0.05, 0.1) is 16.8 Å². The van der Waals surface area contributed by atoms with Gasteiger partial charge in [0.25, 0.3) is 0 Å². The second-order valence-electron chi connectivity index (χ2n) is 6.21. The predicted molar refractivity (Wildman–Crippen MR) is 110 cm³/mol. The second-order valence-corrected chi connectivity index (χ2v) is 7.16. The van der Waals surface area contributed by atoms with Crippen LogP contribution in [-0.4, -0.2) is 27.0 Å². The van der Waals surface area contributed by atoms with Crippen molar-refractivity contribution < 1.29 is 9.59 Å². The number of hydrogen-bond acceptors (Lipinski definition) is 4. The Morgan fingerprint density at radius 3 is 2.52 bits per heavy atom. The number of carbonyl (C=O) groups excluding carboxylic acids is 2. The molecular formula is C21H23N3O2S. The fourth-order valence-corrected chi connectivity index (χ4v) is 3.85. The number of fused-ring (bicyclic) bond motifs is 1. The summed E-state index contributed by atoms with van der Waals surface area (Å²) in [6, 6.07) is 15.1. The Balaban J connectivity index is 1.65. The normalized spacial score (nSPS) is 10.9. The maximum absolute atomic E-state index is 12.5. The van der Waals surface area contributed by atoms with Crippen LogP contribution in [0.15, 0.2) is 53.7 Å². The SMILES string of the molecule is CCCC(=O)Nc1ccc(C(=O)CSc2nc3ccccc3n2CC)cc1. The molecule has 0 aliphatic rings. The lowest BCUT2D eigenvalue weighted by atomic mass is 10.1. The number of benzene rings is 2. The van der Waals surface area contributed by atoms with Gasteiger partial charge in [0, 0.05) is 24.2 Å². The molecule has 0 radical (unpaired) electrons. The van der Waals surface area contributed by atoms with E-state index in [2.05, 4.69) is 21.8 Å². The van der Waals surface area contributed by atoms with Gasteiger partial charge in [-0.2, -0.15) is 0 Å². The fourth-order valence-electron chi connectivity index (χ4n) is 2.87. The summed E-state index contributed by atoms with van der Waals surface area (Å²) in [5, 5.41) is 3.68. The quantitative estimate of drug-likeness (QED) is 0.451. The van der Waals surface area contributed by atoms with Gasteiger partial charge in [0.15, 0.2) is 10.9 Å². The molecule has 6 heteroatoms. The molecule has 27 heavy (non-hydrogen) atoms. The van der Waals surface area contributed by atoms with Crippen LogP contribution in [0.3, 0.4) is 0 Å². The summed E-state index contributed by atoms with van der Waals surface area (Å²) in [4.78, 5) is 28.8. The lowest BCUT2D eigenvalue weighted by Gasteiger charge is -2.07. The minimum Gasteiger partial charge on any atom is -0.326 e. The molecule has 5 nitrogen and oxygen atoms in total. The molecule has 0 saturated heterocycles. The van der Waals surface area contributed by atoms with E-state index in [1.807, 2.05) is 31.2 Å². The Kier molecular flexibility index (Phi) is 6.29. The van der Waals surface area contributed by atoms with E-state index >= 15 is 0 Å². The zero-order valence-electron chi connectivity index (χ0n) is 15.6. The first-order valence-corrected chi connectivity index (χ1v) is 10.1. The molecule has 0 atom stereocenters. The minimum atomic E-state index is -0.00870. The van der Waals surface area contributed by atoms with Gasteiger partial charge in [-0.3, -0.25) is 9.59 Å². The highest BCUT2D eigenvalue weighted by molar-refractivity contribution is 7.99. The first-order valence-electron chi connectivity index (χ1n) is 9.13. The molecule has 2 aromatic carbocycles. The van der Waals surface area contributed by atoms with Crippen LogP contribution in [0, 0.1) is 0 Å². The lowest BCUT2D eigenvalue weighted by Crippen LogP contribution is -2.11. The van der Waals surface area contributed by atoms with Gasteiger partial charge >= 0.3 is 0 Å². The number of rotatable bonds is 8. The van der Waals surface area contributed by atoms with Crippen LogP contribution in [0.25, 0.3) is 11.0 Å². The largest absolute Gasteiger partial charge is 0.326 e. The van der Waals surface area contributed by atoms with E-state index in [1.54, 1.807) is 24.3 Å². The topological polar surface area (TPSA) is 64.0 Å². The lowest BCUT2D eigenvalue weighted by molar-refractivity contribution is -0.116. The Hall–Kier alpha value is -2.60. The summed E-state index contributed by atoms with van der Waals surface area (Å²) in [5.74, 6) is 0.358. The summed E-state index contributed by atoms with van der Waals surface area (Å²) in [5.41, 5.74) is 3.38. The van der Waals surface area contributed by atoms with E-state index in [9.17, 15) is 9.59 Å². The van der Waals surface area contributed by atoms with Crippen molar-refractivity contribution in [3.05, 3.63) is 54.1 Å². The minimum absolute atomic E-state index is 0.00870. The van der Waals surface area contributed by atoms with Crippen LogP contribution in [0.2, 0.25) is 0 Å². The van der Waals surface area contributed by atoms with Crippen molar-refractivity contribution in [3.63, 3.8) is 0 Å². The number of nitrogens with one attached hydrogen (secondary N) is 1. The van der Waals surface area contributed by atoms with E-state index in [4.69, 9.17) is 0 Å². The van der Waals surface area contributed by atoms with E-state index in [0.717, 1.165) is 29.2 Å². The maximum atomic E-state index is 12.5. The first kappa shape index (κ1) is 19.2. The zero-order chi connectivity index (χ0) is 19.2. The molecule has 0 spiro atoms. The van der Waals surface area contributed by atoms with E-state index in [0.29, 0.717) is 23.4 Å². The zero-order valence-corrected chi connectivity index (χ0v) is 16.4. The van der Waals surface area contributed by atoms with Crippen LogP contribution in [-0.2, 0) is 11.3 Å². The van der Waals surface area contributed by atoms with Crippen LogP contribution in [0.5, 0.6) is 0 Å². The molecule has 1 amide bonds. The molecule has 1 aromatic heterocycles. The molecule has 1 heterocycles. The van der Waals surface area contributed by atoms with Crippen molar-refractivity contribution in [2.24, 2.45) is 0 Å². The number of anilines is 1. The third kappa shape index (κ3) is 4.57. The highest BCUT2D eigenvalue weighted by Gasteiger charge is 2.13. The van der Waals surface area contributed by atoms with Gasteiger partial charge in [-0.05, 0) is 49.7 Å². The number of ketones is 1. The molecular weight excluding hydrogens is 358 g/mol. The number of amides is 1. The summed E-state index contributed by atoms with van der Waals surface area (Å²) < 4.78 is 2.12. The highest BCUT2D eigenvalue weighted by Crippen LogP contribution is 2.25. The Morgan fingerprint density at radius 1 is 1.07 bits per heavy atom. The van der Waals surface area contributed by atoms with Crippen molar-refractivity contribution in [1.29, 1.82) is 0 Å². The first-order chi connectivity index (χ1) is 13.1. The molecule has 3 aromatic rings. The number of para-hydroxylation sites is 2. The molecule has 0 unspecified atom stereocenters. The molecule has 0 aliphatic carbocycles. The van der Waals surface area contributed by atoms with Gasteiger partial charge in [-0.25, -0.2) is 4.98 Å². The molecule has 0 bridgehead atoms. The van der Waals surface area contributed by atoms with Crippen molar-refractivity contribution in [3.8, 4) is 0 Å². The van der Waals surface area contributed by atoms with Crippen LogP contribution >= 0.6 is 11.8 Å². The third-order valence-electron chi connectivity index (χ3n) is 4.24. The molecule has 0 saturated carbocycles. The van der Waals surface area contributed by atoms with Crippen molar-refractivity contribution in [2.75, 3.05) is 11.1 Å². The average Bonchev–Trinajstić information content (AvgIpc) is 3.04. The van der Waals surface area contributed by atoms with Gasteiger partial charge in [0.1, 0.15) is 0 Å². The van der Waals surface area contributed by atoms with Gasteiger partial charge < -0.3 is 9.88 Å². The Morgan fingerprint density at radius 2 is 1.81 bits per heavy atom. The number of aryl methyl sites for hydroxylation is 1. The second kappa shape index (κ2) is 8.86. The predicted octanol–water partition coefficient (Wildman–Crippen LogP) is 4.77. The number of Topliss-reactive ketones (excluding diaryl/α,β-unsaturated/α-hetero) is 1. The van der Waals surface area contributed by atoms with Crippen LogP contribution in [0.1, 0.15) is 37.0 Å². The fraction of sp³-hybridized carbons (Fsp3) is 0.286. The van der Waals surface area contributed by atoms with E-state index in [-0.39, 0.29) is 11.7 Å². The van der Waals surface area contributed by atoms with Crippen molar-refractivity contribution in [1.82, 2.24) is 9.55 Å². The third-order valence-corrected chi connectivity index (χ3v) is 5.21. The number of carbonyl (C=O) groups is 2. The summed E-state index contributed by atoms with van der Waals surface area (Å²) in [6.07, 6.45) is 1.30. The van der Waals surface area contributed by atoms with Gasteiger partial charge in [-0.1, -0.05) is 30.8 Å². The number of hydrogen-bond donors (Lipinski definition) is 1. The molecule has 0 aliphatic heterocycles. The smallest absolute Gasteiger partial charge is 0.224 e. The Bertz CT molecular complexity index is 948. The summed E-state index contributed by atoms with van der Waals surface area (Å²) >= 11 is 1.45. The van der Waals surface area contributed by atoms with Gasteiger partial charge in [-0.15, -0.1) is 0 Å². The number of thioether (sulfide) groups is 1. The van der Waals surface area contributed by atoms with Crippen molar-refractivity contribution in [2.45, 2.75) is 38.4 Å². The average molecular weight is 382 g/mol. The number of nitrogens with zero attached hydrogens (tertiary/aromatic N) is 2. The van der Waals surface area contributed by atoms with Crippen LogP contribution in [0.4, 0.5) is 5.69 Å². The number of imidazole rings is 1. The summed E-state index contributed by atoms with van der Waals surface area (Å²) in [6.45, 7) is 4.85. The molecule has 1 N–H and O–H groups in total. The standard InChI is InChI=1S/C21H23N3O2S/c1-3-7-20(26)22-16-12-10-15(11-13-16)19(25)14-27-21-23-17-8-5-6-9-18(17)24(21)4-2/h5-6,8-13H,3-4,7,14H2,1-2H3,(H,22,26). The van der Waals surface area contributed by atoms with Gasteiger partial charge in [0.2, 0.25) is 5.91 Å². The summed E-state index contributed by atoms with van der Waals surface area (Å²) in [7, 11) is 0. The van der Waals surface area contributed by atoms with E-state index < -0.39 is 0 Å². The Labute approximate surface area is 163 Å². The van der Waals surface area contributed by atoms with Crippen LogP contribution < -0.4 is 5.32 Å². The maximum Gasteiger partial charge on any atom is 0.224 e. The molecule has 140 valence electrons. The molecule has 0 fully saturated rings. The molecule has 3 rings (SSSR count). The van der Waals surface area contributed by atoms with E-state index in [1.165, 1.54) is 11.8 Å². The van der Waals surface area contributed by atoms with Crippen molar-refractivity contribution >= 4 is 40.2 Å². The monoisotopic (exact) mass is 381 g/mol. The highest BCUT2D eigenvalue weighted by atomic mass is 32.2. The number of aromatic nitrogens is 2.